The lowest BCUT2D eigenvalue weighted by Crippen LogP contribution is -2.48. The van der Waals surface area contributed by atoms with Crippen LogP contribution >= 0.6 is 11.6 Å². The predicted octanol–water partition coefficient (Wildman–Crippen LogP) is 3.23. The molecule has 4 nitrogen and oxygen atoms in total. The first-order chi connectivity index (χ1) is 9.86. The number of carbonyl (C=O) groups excluding carboxylic acids is 1. The van der Waals surface area contributed by atoms with Gasteiger partial charge in [0, 0.05) is 17.6 Å². The number of halogens is 1. The molecule has 5 heteroatoms. The molecule has 0 saturated carbocycles. The van der Waals surface area contributed by atoms with E-state index in [0.717, 1.165) is 6.54 Å². The van der Waals surface area contributed by atoms with Crippen molar-refractivity contribution in [3.05, 3.63) is 23.2 Å². The summed E-state index contributed by atoms with van der Waals surface area (Å²) < 4.78 is 0. The zero-order chi connectivity index (χ0) is 15.6. The van der Waals surface area contributed by atoms with E-state index < -0.39 is 0 Å². The summed E-state index contributed by atoms with van der Waals surface area (Å²) in [7, 11) is 0. The SMILES string of the molecule is CC1CC(C)C(C)N(CC(=O)Nc2cc(Cl)ccc2N)C1. The molecule has 1 heterocycles. The van der Waals surface area contributed by atoms with Gasteiger partial charge in [-0.2, -0.15) is 0 Å². The van der Waals surface area contributed by atoms with Crippen LogP contribution in [0.5, 0.6) is 0 Å². The molecule has 0 spiro atoms. The number of nitrogen functional groups attached to an aromatic ring is 1. The molecule has 1 saturated heterocycles. The highest BCUT2D eigenvalue weighted by atomic mass is 35.5. The predicted molar refractivity (Wildman–Crippen MR) is 88.5 cm³/mol. The van der Waals surface area contributed by atoms with Crippen LogP contribution in [0.15, 0.2) is 18.2 Å². The van der Waals surface area contributed by atoms with Gasteiger partial charge in [0.2, 0.25) is 5.91 Å². The summed E-state index contributed by atoms with van der Waals surface area (Å²) in [6.07, 6.45) is 1.22. The van der Waals surface area contributed by atoms with Gasteiger partial charge in [-0.1, -0.05) is 25.4 Å². The van der Waals surface area contributed by atoms with Crippen LogP contribution in [0.3, 0.4) is 0 Å². The minimum Gasteiger partial charge on any atom is -0.397 e. The zero-order valence-electron chi connectivity index (χ0n) is 12.9. The van der Waals surface area contributed by atoms with Crippen molar-refractivity contribution in [1.29, 1.82) is 0 Å². The first-order valence-electron chi connectivity index (χ1n) is 7.45. The summed E-state index contributed by atoms with van der Waals surface area (Å²) >= 11 is 5.94. The Morgan fingerprint density at radius 3 is 2.86 bits per heavy atom. The van der Waals surface area contributed by atoms with Crippen LogP contribution in [-0.2, 0) is 4.79 Å². The maximum Gasteiger partial charge on any atom is 0.238 e. The molecule has 2 rings (SSSR count). The van der Waals surface area contributed by atoms with Gasteiger partial charge in [-0.25, -0.2) is 0 Å². The average molecular weight is 310 g/mol. The molecule has 1 fully saturated rings. The Morgan fingerprint density at radius 1 is 1.43 bits per heavy atom. The minimum atomic E-state index is -0.0443. The van der Waals surface area contributed by atoms with Gasteiger partial charge in [0.25, 0.3) is 0 Å². The number of carbonyl (C=O) groups is 1. The van der Waals surface area contributed by atoms with E-state index in [1.54, 1.807) is 18.2 Å². The van der Waals surface area contributed by atoms with Crippen molar-refractivity contribution < 1.29 is 4.79 Å². The summed E-state index contributed by atoms with van der Waals surface area (Å²) in [4.78, 5) is 14.5. The van der Waals surface area contributed by atoms with Crippen LogP contribution in [-0.4, -0.2) is 29.9 Å². The molecule has 0 bridgehead atoms. The molecule has 0 aromatic heterocycles. The molecule has 1 aliphatic rings. The normalized spacial score (nSPS) is 26.6. The number of nitrogens with two attached hydrogens (primary N) is 1. The van der Waals surface area contributed by atoms with Crippen molar-refractivity contribution in [3.63, 3.8) is 0 Å². The lowest BCUT2D eigenvalue weighted by molar-refractivity contribution is -0.118. The van der Waals surface area contributed by atoms with Crippen LogP contribution in [0.25, 0.3) is 0 Å². The molecule has 1 amide bonds. The molecule has 0 aliphatic carbocycles. The second kappa shape index (κ2) is 6.67. The lowest BCUT2D eigenvalue weighted by Gasteiger charge is -2.40. The molecule has 21 heavy (non-hydrogen) atoms. The van der Waals surface area contributed by atoms with Gasteiger partial charge in [-0.05, 0) is 43.4 Å². The number of amides is 1. The molecular formula is C16H24ClN3O. The molecule has 3 unspecified atom stereocenters. The van der Waals surface area contributed by atoms with Crippen molar-refractivity contribution in [3.8, 4) is 0 Å². The summed E-state index contributed by atoms with van der Waals surface area (Å²) in [5, 5.41) is 3.42. The van der Waals surface area contributed by atoms with E-state index in [9.17, 15) is 4.79 Å². The highest BCUT2D eigenvalue weighted by molar-refractivity contribution is 6.31. The van der Waals surface area contributed by atoms with Crippen LogP contribution in [0, 0.1) is 11.8 Å². The van der Waals surface area contributed by atoms with Gasteiger partial charge in [-0.3, -0.25) is 9.69 Å². The average Bonchev–Trinajstić information content (AvgIpc) is 2.39. The van der Waals surface area contributed by atoms with E-state index >= 15 is 0 Å². The lowest BCUT2D eigenvalue weighted by atomic mass is 9.86. The van der Waals surface area contributed by atoms with E-state index in [2.05, 4.69) is 31.0 Å². The number of nitrogens with zero attached hydrogens (tertiary/aromatic N) is 1. The summed E-state index contributed by atoms with van der Waals surface area (Å²) in [6, 6.07) is 5.51. The van der Waals surface area contributed by atoms with Crippen molar-refractivity contribution in [2.75, 3.05) is 24.1 Å². The highest BCUT2D eigenvalue weighted by Gasteiger charge is 2.29. The number of hydrogen-bond donors (Lipinski definition) is 2. The largest absolute Gasteiger partial charge is 0.397 e. The Kier molecular flexibility index (Phi) is 5.12. The Balaban J connectivity index is 1.99. The Labute approximate surface area is 131 Å². The quantitative estimate of drug-likeness (QED) is 0.843. The minimum absolute atomic E-state index is 0.0443. The van der Waals surface area contributed by atoms with E-state index in [1.807, 2.05) is 0 Å². The maximum absolute atomic E-state index is 12.3. The van der Waals surface area contributed by atoms with Crippen LogP contribution < -0.4 is 11.1 Å². The molecule has 1 aromatic rings. The van der Waals surface area contributed by atoms with Crippen LogP contribution in [0.4, 0.5) is 11.4 Å². The van der Waals surface area contributed by atoms with Crippen LogP contribution in [0.1, 0.15) is 27.2 Å². The number of rotatable bonds is 3. The molecule has 1 aromatic carbocycles. The number of likely N-dealkylation sites (tertiary alicyclic amines) is 1. The molecule has 3 N–H and O–H groups in total. The van der Waals surface area contributed by atoms with E-state index in [1.165, 1.54) is 6.42 Å². The van der Waals surface area contributed by atoms with E-state index in [4.69, 9.17) is 17.3 Å². The second-order valence-electron chi connectivity index (χ2n) is 6.27. The zero-order valence-corrected chi connectivity index (χ0v) is 13.7. The molecule has 116 valence electrons. The van der Waals surface area contributed by atoms with Crippen molar-refractivity contribution >= 4 is 28.9 Å². The number of hydrogen-bond acceptors (Lipinski definition) is 3. The summed E-state index contributed by atoms with van der Waals surface area (Å²) in [6.45, 7) is 8.03. The number of piperidine rings is 1. The summed E-state index contributed by atoms with van der Waals surface area (Å²) in [5.41, 5.74) is 6.97. The van der Waals surface area contributed by atoms with Crippen LogP contribution in [0.2, 0.25) is 5.02 Å². The van der Waals surface area contributed by atoms with Gasteiger partial charge in [0.05, 0.1) is 17.9 Å². The Morgan fingerprint density at radius 2 is 2.14 bits per heavy atom. The van der Waals surface area contributed by atoms with Gasteiger partial charge < -0.3 is 11.1 Å². The van der Waals surface area contributed by atoms with Gasteiger partial charge in [0.1, 0.15) is 0 Å². The first-order valence-corrected chi connectivity index (χ1v) is 7.83. The van der Waals surface area contributed by atoms with Gasteiger partial charge in [0.15, 0.2) is 0 Å². The van der Waals surface area contributed by atoms with Gasteiger partial charge in [-0.15, -0.1) is 0 Å². The Bertz CT molecular complexity index is 520. The standard InChI is InChI=1S/C16H24ClN3O/c1-10-6-11(2)12(3)20(8-10)9-16(21)19-15-7-13(17)4-5-14(15)18/h4-5,7,10-12H,6,8-9,18H2,1-3H3,(H,19,21). The molecule has 3 atom stereocenters. The van der Waals surface area contributed by atoms with Crippen molar-refractivity contribution in [2.24, 2.45) is 11.8 Å². The fourth-order valence-electron chi connectivity index (χ4n) is 3.05. The highest BCUT2D eigenvalue weighted by Crippen LogP contribution is 2.27. The van der Waals surface area contributed by atoms with E-state index in [0.29, 0.717) is 40.8 Å². The third-order valence-corrected chi connectivity index (χ3v) is 4.59. The van der Waals surface area contributed by atoms with Gasteiger partial charge >= 0.3 is 0 Å². The molecular weight excluding hydrogens is 286 g/mol. The number of anilines is 2. The third kappa shape index (κ3) is 4.11. The fourth-order valence-corrected chi connectivity index (χ4v) is 3.22. The van der Waals surface area contributed by atoms with Crippen molar-refractivity contribution in [1.82, 2.24) is 4.90 Å². The molecule has 0 radical (unpaired) electrons. The third-order valence-electron chi connectivity index (χ3n) is 4.36. The maximum atomic E-state index is 12.3. The number of nitrogens with one attached hydrogen (secondary N) is 1. The first kappa shape index (κ1) is 16.1. The fraction of sp³-hybridized carbons (Fsp3) is 0.562. The van der Waals surface area contributed by atoms with Crippen molar-refractivity contribution in [2.45, 2.75) is 33.2 Å². The second-order valence-corrected chi connectivity index (χ2v) is 6.70. The smallest absolute Gasteiger partial charge is 0.238 e. The number of benzene rings is 1. The topological polar surface area (TPSA) is 58.4 Å². The van der Waals surface area contributed by atoms with E-state index in [-0.39, 0.29) is 5.91 Å². The Hall–Kier alpha value is -1.26. The monoisotopic (exact) mass is 309 g/mol. The molecule has 1 aliphatic heterocycles. The summed E-state index contributed by atoms with van der Waals surface area (Å²) in [5.74, 6) is 1.19.